The van der Waals surface area contributed by atoms with Gasteiger partial charge in [0.25, 0.3) is 20.0 Å². The van der Waals surface area contributed by atoms with Gasteiger partial charge in [-0.05, 0) is 72.8 Å². The molecular weight excluding hydrogens is 591 g/mol. The number of aliphatic imine (C=N–C) groups is 2. The second kappa shape index (κ2) is 13.1. The van der Waals surface area contributed by atoms with Gasteiger partial charge in [0.15, 0.2) is 0 Å². The lowest BCUT2D eigenvalue weighted by molar-refractivity contribution is 0.590. The second-order valence-electron chi connectivity index (χ2n) is 8.31. The van der Waals surface area contributed by atoms with Gasteiger partial charge < -0.3 is 0 Å². The van der Waals surface area contributed by atoms with Crippen LogP contribution in [0.1, 0.15) is 11.1 Å². The van der Waals surface area contributed by atoms with E-state index in [1.807, 2.05) is 0 Å². The zero-order chi connectivity index (χ0) is 28.6. The molecule has 0 heterocycles. The van der Waals surface area contributed by atoms with Crippen LogP contribution < -0.4 is 9.44 Å². The summed E-state index contributed by atoms with van der Waals surface area (Å²) in [5.74, 6) is 0.183. The lowest BCUT2D eigenvalue weighted by Crippen LogP contribution is -2.32. The SMILES string of the molecule is O=S(=O)(NC(=NCCN=C(NS(=O)(=O)c1ccccc1)c1ccc(Cl)cc1)c1ccc(Cl)cc1)c1ccccc1. The number of benzene rings is 4. The number of nitrogens with one attached hydrogen (secondary N) is 2. The lowest BCUT2D eigenvalue weighted by Gasteiger charge is -2.13. The zero-order valence-corrected chi connectivity index (χ0v) is 24.1. The normalized spacial score (nSPS) is 12.7. The number of hydrogen-bond acceptors (Lipinski definition) is 6. The fourth-order valence-electron chi connectivity index (χ4n) is 3.48. The largest absolute Gasteiger partial charge is 0.265 e. The van der Waals surface area contributed by atoms with Crippen LogP contribution in [0.15, 0.2) is 129 Å². The van der Waals surface area contributed by atoms with Crippen LogP contribution in [0.2, 0.25) is 10.0 Å². The number of sulfonamides is 2. The van der Waals surface area contributed by atoms with E-state index in [1.165, 1.54) is 24.3 Å². The maximum atomic E-state index is 13.0. The molecule has 0 amide bonds. The van der Waals surface area contributed by atoms with E-state index in [4.69, 9.17) is 23.2 Å². The highest BCUT2D eigenvalue weighted by Gasteiger charge is 2.18. The van der Waals surface area contributed by atoms with Crippen molar-refractivity contribution in [2.24, 2.45) is 9.98 Å². The van der Waals surface area contributed by atoms with Gasteiger partial charge in [-0.3, -0.25) is 19.4 Å². The average Bonchev–Trinajstić information content (AvgIpc) is 2.96. The summed E-state index contributed by atoms with van der Waals surface area (Å²) in [6, 6.07) is 28.9. The summed E-state index contributed by atoms with van der Waals surface area (Å²) in [5, 5.41) is 0.967. The molecule has 4 aromatic carbocycles. The van der Waals surface area contributed by atoms with Gasteiger partial charge >= 0.3 is 0 Å². The first-order chi connectivity index (χ1) is 19.1. The minimum absolute atomic E-state index is 0.0411. The number of amidine groups is 2. The van der Waals surface area contributed by atoms with Crippen LogP contribution in [0.25, 0.3) is 0 Å². The van der Waals surface area contributed by atoms with Crippen LogP contribution in [0.4, 0.5) is 0 Å². The first-order valence-corrected chi connectivity index (χ1v) is 15.6. The van der Waals surface area contributed by atoms with Crippen LogP contribution in [-0.2, 0) is 20.0 Å². The summed E-state index contributed by atoms with van der Waals surface area (Å²) in [4.78, 5) is 9.05. The number of hydrogen-bond donors (Lipinski definition) is 2. The Hall–Kier alpha value is -3.70. The summed E-state index contributed by atoms with van der Waals surface area (Å²) >= 11 is 12.0. The van der Waals surface area contributed by atoms with Crippen molar-refractivity contribution in [1.82, 2.24) is 9.44 Å². The quantitative estimate of drug-likeness (QED) is 0.154. The second-order valence-corrected chi connectivity index (χ2v) is 12.5. The van der Waals surface area contributed by atoms with E-state index in [2.05, 4.69) is 19.4 Å². The number of nitrogens with zero attached hydrogens (tertiary/aromatic N) is 2. The van der Waals surface area contributed by atoms with Crippen molar-refractivity contribution in [3.8, 4) is 0 Å². The van der Waals surface area contributed by atoms with Gasteiger partial charge in [0, 0.05) is 21.2 Å². The molecule has 0 aliphatic rings. The van der Waals surface area contributed by atoms with Gasteiger partial charge in [0.1, 0.15) is 11.7 Å². The molecule has 0 spiro atoms. The fourth-order valence-corrected chi connectivity index (χ4v) is 5.87. The van der Waals surface area contributed by atoms with Crippen molar-refractivity contribution in [1.29, 1.82) is 0 Å². The van der Waals surface area contributed by atoms with E-state index in [0.717, 1.165) is 0 Å². The Kier molecular flexibility index (Phi) is 9.59. The minimum atomic E-state index is -3.93. The Labute approximate surface area is 243 Å². The van der Waals surface area contributed by atoms with Crippen LogP contribution >= 0.6 is 23.2 Å². The van der Waals surface area contributed by atoms with Crippen molar-refractivity contribution in [2.45, 2.75) is 9.79 Å². The molecule has 8 nitrogen and oxygen atoms in total. The van der Waals surface area contributed by atoms with Crippen molar-refractivity contribution < 1.29 is 16.8 Å². The smallest absolute Gasteiger partial charge is 0.263 e. The van der Waals surface area contributed by atoms with Crippen molar-refractivity contribution in [3.05, 3.63) is 130 Å². The molecule has 40 heavy (non-hydrogen) atoms. The Balaban J connectivity index is 1.62. The third kappa shape index (κ3) is 7.92. The van der Waals surface area contributed by atoms with Crippen molar-refractivity contribution in [2.75, 3.05) is 13.1 Å². The third-order valence-electron chi connectivity index (χ3n) is 5.44. The van der Waals surface area contributed by atoms with Crippen molar-refractivity contribution in [3.63, 3.8) is 0 Å². The molecule has 0 saturated heterocycles. The summed E-state index contributed by atoms with van der Waals surface area (Å²) in [6.45, 7) is 0.0822. The van der Waals surface area contributed by atoms with E-state index >= 15 is 0 Å². The molecule has 0 saturated carbocycles. The molecular formula is C28H24Cl2N4O4S2. The summed E-state index contributed by atoms with van der Waals surface area (Å²) in [5.41, 5.74) is 0.992. The first kappa shape index (κ1) is 29.3. The molecule has 0 fully saturated rings. The van der Waals surface area contributed by atoms with Gasteiger partial charge in [0.2, 0.25) is 0 Å². The molecule has 0 aromatic heterocycles. The molecule has 2 N–H and O–H groups in total. The topological polar surface area (TPSA) is 117 Å². The first-order valence-electron chi connectivity index (χ1n) is 11.9. The molecule has 12 heteroatoms. The zero-order valence-electron chi connectivity index (χ0n) is 20.9. The van der Waals surface area contributed by atoms with E-state index in [9.17, 15) is 16.8 Å². The predicted octanol–water partition coefficient (Wildman–Crippen LogP) is 5.14. The van der Waals surface area contributed by atoms with E-state index in [-0.39, 0.29) is 34.6 Å². The Morgan fingerprint density at radius 2 is 0.850 bits per heavy atom. The van der Waals surface area contributed by atoms with Crippen molar-refractivity contribution >= 4 is 54.9 Å². The van der Waals surface area contributed by atoms with Crippen LogP contribution in [0.5, 0.6) is 0 Å². The summed E-state index contributed by atoms with van der Waals surface area (Å²) < 4.78 is 57.0. The number of rotatable bonds is 9. The molecule has 0 aliphatic heterocycles. The molecule has 4 rings (SSSR count). The van der Waals surface area contributed by atoms with E-state index in [0.29, 0.717) is 21.2 Å². The lowest BCUT2D eigenvalue weighted by atomic mass is 10.2. The molecule has 4 aromatic rings. The fraction of sp³-hybridized carbons (Fsp3) is 0.0714. The Morgan fingerprint density at radius 1 is 0.525 bits per heavy atom. The monoisotopic (exact) mass is 614 g/mol. The highest BCUT2D eigenvalue weighted by Crippen LogP contribution is 2.14. The van der Waals surface area contributed by atoms with Gasteiger partial charge in [-0.2, -0.15) is 0 Å². The van der Waals surface area contributed by atoms with Crippen LogP contribution in [0.3, 0.4) is 0 Å². The number of halogens is 2. The van der Waals surface area contributed by atoms with Gasteiger partial charge in [-0.1, -0.05) is 59.6 Å². The Bertz CT molecular complexity index is 1580. The molecule has 0 aliphatic carbocycles. The van der Waals surface area contributed by atoms with E-state index < -0.39 is 20.0 Å². The average molecular weight is 616 g/mol. The summed E-state index contributed by atoms with van der Waals surface area (Å²) in [6.07, 6.45) is 0. The minimum Gasteiger partial charge on any atom is -0.265 e. The predicted molar refractivity (Wildman–Crippen MR) is 159 cm³/mol. The standard InChI is InChI=1S/C28H24Cl2N4O4S2/c29-23-15-11-21(12-16-23)27(33-39(35,36)25-7-3-1-4-8-25)31-19-20-32-28(22-13-17-24(30)18-14-22)34-40(37,38)26-9-5-2-6-10-26/h1-18H,19-20H2,(H,31,33)(H,32,34). The van der Waals surface area contributed by atoms with Crippen LogP contribution in [0, 0.1) is 0 Å². The Morgan fingerprint density at radius 3 is 1.18 bits per heavy atom. The van der Waals surface area contributed by atoms with E-state index in [1.54, 1.807) is 84.9 Å². The molecule has 0 bridgehead atoms. The highest BCUT2D eigenvalue weighted by molar-refractivity contribution is 7.90. The molecule has 0 atom stereocenters. The van der Waals surface area contributed by atoms with Gasteiger partial charge in [0.05, 0.1) is 22.9 Å². The van der Waals surface area contributed by atoms with Crippen LogP contribution in [-0.4, -0.2) is 41.6 Å². The maximum Gasteiger partial charge on any atom is 0.263 e. The third-order valence-corrected chi connectivity index (χ3v) is 8.66. The van der Waals surface area contributed by atoms with Gasteiger partial charge in [-0.25, -0.2) is 16.8 Å². The molecule has 0 unspecified atom stereocenters. The molecule has 0 radical (unpaired) electrons. The molecule has 206 valence electrons. The summed E-state index contributed by atoms with van der Waals surface area (Å²) in [7, 11) is -7.85. The maximum absolute atomic E-state index is 13.0. The van der Waals surface area contributed by atoms with Gasteiger partial charge in [-0.15, -0.1) is 0 Å². The highest BCUT2D eigenvalue weighted by atomic mass is 35.5.